The Morgan fingerprint density at radius 1 is 1.34 bits per heavy atom. The number of oxime groups is 1. The molecule has 0 radical (unpaired) electrons. The van der Waals surface area contributed by atoms with Crippen LogP contribution >= 0.6 is 0 Å². The summed E-state index contributed by atoms with van der Waals surface area (Å²) >= 11 is 0. The van der Waals surface area contributed by atoms with Gasteiger partial charge in [-0.3, -0.25) is 4.79 Å². The van der Waals surface area contributed by atoms with Crippen LogP contribution < -0.4 is 21.8 Å². The molecule has 1 aliphatic carbocycles. The van der Waals surface area contributed by atoms with Crippen LogP contribution in [0.15, 0.2) is 16.1 Å². The average Bonchev–Trinajstić information content (AvgIpc) is 3.44. The number of aromatic nitrogens is 1. The number of aromatic carboxylic acids is 1. The summed E-state index contributed by atoms with van der Waals surface area (Å²) in [6, 6.07) is -0.777. The van der Waals surface area contributed by atoms with Crippen LogP contribution in [0.1, 0.15) is 29.2 Å². The van der Waals surface area contributed by atoms with Gasteiger partial charge >= 0.3 is 5.97 Å². The molecule has 1 aromatic heterocycles. The fraction of sp³-hybridized carbons (Fsp3) is 0.389. The number of carboxylic acid groups (broad SMARTS) is 1. The van der Waals surface area contributed by atoms with Gasteiger partial charge in [0.1, 0.15) is 18.4 Å². The first kappa shape index (κ1) is 19.1. The summed E-state index contributed by atoms with van der Waals surface area (Å²) in [5.74, 6) is -3.61. The first-order valence-electron chi connectivity index (χ1n) is 8.95. The van der Waals surface area contributed by atoms with Crippen molar-refractivity contribution >= 4 is 34.0 Å². The molecule has 2 heterocycles. The lowest BCUT2D eigenvalue weighted by Crippen LogP contribution is -2.30. The van der Waals surface area contributed by atoms with Gasteiger partial charge in [0, 0.05) is 18.8 Å². The fourth-order valence-corrected chi connectivity index (χ4v) is 3.73. The molecule has 1 saturated carbocycles. The lowest BCUT2D eigenvalue weighted by atomic mass is 10.1. The third-order valence-corrected chi connectivity index (χ3v) is 5.26. The number of nitrogen functional groups attached to an aromatic ring is 1. The molecule has 0 spiro atoms. The first-order valence-corrected chi connectivity index (χ1v) is 8.95. The van der Waals surface area contributed by atoms with Gasteiger partial charge in [-0.2, -0.15) is 0 Å². The number of carboxylic acids is 1. The monoisotopic (exact) mass is 407 g/mol. The topological polar surface area (TPSA) is 136 Å². The molecular formula is C18H19F2N5O4. The molecule has 1 atom stereocenters. The third kappa shape index (κ3) is 2.89. The highest BCUT2D eigenvalue weighted by Gasteiger charge is 2.36. The third-order valence-electron chi connectivity index (χ3n) is 5.26. The smallest absolute Gasteiger partial charge is 0.341 e. The average molecular weight is 407 g/mol. The van der Waals surface area contributed by atoms with Crippen LogP contribution in [0.3, 0.4) is 0 Å². The van der Waals surface area contributed by atoms with Crippen LogP contribution in [0.5, 0.6) is 0 Å². The summed E-state index contributed by atoms with van der Waals surface area (Å²) in [5, 5.41) is 12.6. The molecule has 0 amide bonds. The zero-order valence-corrected chi connectivity index (χ0v) is 15.5. The number of pyridine rings is 1. The van der Waals surface area contributed by atoms with Gasteiger partial charge in [0.2, 0.25) is 5.43 Å². The molecule has 4 rings (SSSR count). The zero-order valence-electron chi connectivity index (χ0n) is 15.5. The Morgan fingerprint density at radius 2 is 2.03 bits per heavy atom. The molecule has 1 saturated heterocycles. The van der Waals surface area contributed by atoms with E-state index in [4.69, 9.17) is 16.3 Å². The van der Waals surface area contributed by atoms with Crippen molar-refractivity contribution in [1.29, 1.82) is 0 Å². The van der Waals surface area contributed by atoms with Crippen LogP contribution in [0, 0.1) is 11.6 Å². The minimum absolute atomic E-state index is 0.0225. The minimum Gasteiger partial charge on any atom is -0.477 e. The van der Waals surface area contributed by atoms with Crippen LogP contribution in [0.2, 0.25) is 0 Å². The lowest BCUT2D eigenvalue weighted by Gasteiger charge is -2.23. The van der Waals surface area contributed by atoms with Crippen molar-refractivity contribution in [2.45, 2.75) is 24.9 Å². The molecule has 29 heavy (non-hydrogen) atoms. The molecule has 1 aliphatic heterocycles. The van der Waals surface area contributed by atoms with Gasteiger partial charge in [-0.15, -0.1) is 0 Å². The first-order chi connectivity index (χ1) is 13.8. The predicted molar refractivity (Wildman–Crippen MR) is 102 cm³/mol. The number of rotatable bonds is 4. The summed E-state index contributed by atoms with van der Waals surface area (Å²) in [7, 11) is 1.34. The van der Waals surface area contributed by atoms with Crippen molar-refractivity contribution < 1.29 is 23.5 Å². The van der Waals surface area contributed by atoms with E-state index in [0.29, 0.717) is 18.6 Å². The maximum atomic E-state index is 15.6. The van der Waals surface area contributed by atoms with Gasteiger partial charge in [-0.1, -0.05) is 5.16 Å². The van der Waals surface area contributed by atoms with Crippen LogP contribution in [-0.4, -0.2) is 47.6 Å². The molecule has 2 fully saturated rings. The number of fused-ring (bicyclic) bond motifs is 1. The van der Waals surface area contributed by atoms with Crippen molar-refractivity contribution in [3.8, 4) is 0 Å². The largest absolute Gasteiger partial charge is 0.477 e. The summed E-state index contributed by atoms with van der Waals surface area (Å²) in [6.07, 6.45) is 2.47. The second kappa shape index (κ2) is 6.69. The van der Waals surface area contributed by atoms with Crippen LogP contribution in [0.4, 0.5) is 20.2 Å². The Bertz CT molecular complexity index is 1130. The molecule has 154 valence electrons. The van der Waals surface area contributed by atoms with Gasteiger partial charge in [0.05, 0.1) is 34.9 Å². The van der Waals surface area contributed by atoms with E-state index in [-0.39, 0.29) is 24.6 Å². The number of hydrogen-bond acceptors (Lipinski definition) is 7. The van der Waals surface area contributed by atoms with E-state index >= 15 is 8.78 Å². The molecule has 0 bridgehead atoms. The Morgan fingerprint density at radius 3 is 2.62 bits per heavy atom. The standard InChI is InChI=1S/C18H19F2N5O4/c1-29-23-10-6-24(5-9(10)21)16-12(19)14(22)11-15(13(16)20)25(7-2-3-7)4-8(17(11)26)18(27)28/h4,7,9H,2-3,5-6,21-22H2,1H3,(H,27,28)/b23-10+. The van der Waals surface area contributed by atoms with Crippen LogP contribution in [-0.2, 0) is 4.84 Å². The molecule has 1 aromatic carbocycles. The van der Waals surface area contributed by atoms with E-state index in [9.17, 15) is 14.7 Å². The van der Waals surface area contributed by atoms with Gasteiger partial charge in [-0.25, -0.2) is 13.6 Å². The number of hydrogen-bond donors (Lipinski definition) is 3. The minimum atomic E-state index is -1.48. The predicted octanol–water partition coefficient (Wildman–Crippen LogP) is 1.04. The number of nitrogens with zero attached hydrogens (tertiary/aromatic N) is 3. The number of benzene rings is 1. The van der Waals surface area contributed by atoms with Gasteiger partial charge in [-0.05, 0) is 12.8 Å². The summed E-state index contributed by atoms with van der Waals surface area (Å²) in [5.41, 5.74) is 9.42. The second-order valence-corrected chi connectivity index (χ2v) is 7.18. The second-order valence-electron chi connectivity index (χ2n) is 7.18. The van der Waals surface area contributed by atoms with E-state index in [1.807, 2.05) is 0 Å². The molecule has 11 heteroatoms. The maximum Gasteiger partial charge on any atom is 0.341 e. The Balaban J connectivity index is 2.01. The Kier molecular flexibility index (Phi) is 4.41. The molecule has 1 unspecified atom stereocenters. The van der Waals surface area contributed by atoms with Crippen molar-refractivity contribution in [2.75, 3.05) is 30.8 Å². The van der Waals surface area contributed by atoms with E-state index in [1.165, 1.54) is 16.6 Å². The van der Waals surface area contributed by atoms with Crippen molar-refractivity contribution in [3.63, 3.8) is 0 Å². The number of carbonyl (C=O) groups is 1. The normalized spacial score (nSPS) is 20.6. The molecule has 9 nitrogen and oxygen atoms in total. The van der Waals surface area contributed by atoms with Gasteiger partial charge in [0.25, 0.3) is 0 Å². The summed E-state index contributed by atoms with van der Waals surface area (Å²) in [4.78, 5) is 30.2. The highest BCUT2D eigenvalue weighted by atomic mass is 19.1. The molecule has 5 N–H and O–H groups in total. The quantitative estimate of drug-likeness (QED) is 0.509. The zero-order chi connectivity index (χ0) is 21.0. The Hall–Kier alpha value is -3.21. The Labute approximate surface area is 163 Å². The highest BCUT2D eigenvalue weighted by Crippen LogP contribution is 2.42. The lowest BCUT2D eigenvalue weighted by molar-refractivity contribution is 0.0695. The molecular weight excluding hydrogens is 388 g/mol. The van der Waals surface area contributed by atoms with Gasteiger partial charge < -0.3 is 30.9 Å². The van der Waals surface area contributed by atoms with E-state index < -0.39 is 51.4 Å². The maximum absolute atomic E-state index is 15.6. The highest BCUT2D eigenvalue weighted by molar-refractivity contribution is 6.01. The van der Waals surface area contributed by atoms with E-state index in [0.717, 1.165) is 6.20 Å². The van der Waals surface area contributed by atoms with E-state index in [2.05, 4.69) is 5.16 Å². The van der Waals surface area contributed by atoms with Crippen molar-refractivity contribution in [3.05, 3.63) is 33.6 Å². The number of anilines is 2. The van der Waals surface area contributed by atoms with Crippen LogP contribution in [0.25, 0.3) is 10.9 Å². The number of halogens is 2. The fourth-order valence-electron chi connectivity index (χ4n) is 3.73. The molecule has 2 aliphatic rings. The molecule has 2 aromatic rings. The summed E-state index contributed by atoms with van der Waals surface area (Å²) < 4.78 is 32.1. The van der Waals surface area contributed by atoms with Crippen molar-refractivity contribution in [2.24, 2.45) is 10.9 Å². The number of nitrogens with two attached hydrogens (primary N) is 2. The van der Waals surface area contributed by atoms with Crippen molar-refractivity contribution in [1.82, 2.24) is 4.57 Å². The summed E-state index contributed by atoms with van der Waals surface area (Å²) in [6.45, 7) is 0.0938. The SMILES string of the molecule is CO/N=C1\CN(c2c(F)c(N)c3c(=O)c(C(=O)O)cn(C4CC4)c3c2F)CC1N. The van der Waals surface area contributed by atoms with E-state index in [1.54, 1.807) is 0 Å². The van der Waals surface area contributed by atoms with Gasteiger partial charge in [0.15, 0.2) is 11.6 Å².